The Morgan fingerprint density at radius 1 is 1.17 bits per heavy atom. The molecule has 0 amide bonds. The van der Waals surface area contributed by atoms with Crippen molar-refractivity contribution in [3.63, 3.8) is 0 Å². The van der Waals surface area contributed by atoms with Gasteiger partial charge >= 0.3 is 0 Å². The van der Waals surface area contributed by atoms with Gasteiger partial charge in [0.25, 0.3) is 0 Å². The maximum Gasteiger partial charge on any atom is 0.0511 e. The van der Waals surface area contributed by atoms with Gasteiger partial charge in [-0.1, -0.05) is 18.2 Å². The third kappa shape index (κ3) is 1.37. The van der Waals surface area contributed by atoms with Crippen LogP contribution in [-0.4, -0.2) is 4.98 Å². The number of dihydropyridines is 1. The highest BCUT2D eigenvalue weighted by Crippen LogP contribution is 2.16. The zero-order chi connectivity index (χ0) is 8.23. The van der Waals surface area contributed by atoms with E-state index in [0.29, 0.717) is 5.92 Å². The van der Waals surface area contributed by atoms with Gasteiger partial charge in [-0.25, -0.2) is 0 Å². The third-order valence-corrected chi connectivity index (χ3v) is 1.83. The van der Waals surface area contributed by atoms with Crippen molar-refractivity contribution in [3.8, 4) is 0 Å². The first-order valence-corrected chi connectivity index (χ1v) is 3.97. The Morgan fingerprint density at radius 2 is 2.00 bits per heavy atom. The summed E-state index contributed by atoms with van der Waals surface area (Å²) in [6.07, 6.45) is 9.85. The number of rotatable bonds is 1. The molecule has 1 aromatic rings. The van der Waals surface area contributed by atoms with Crippen LogP contribution in [0.25, 0.3) is 0 Å². The largest absolute Gasteiger partial charge is 0.368 e. The van der Waals surface area contributed by atoms with Crippen LogP contribution in [0, 0.1) is 0 Å². The molecule has 2 nitrogen and oxygen atoms in total. The highest BCUT2D eigenvalue weighted by atomic mass is 14.8. The van der Waals surface area contributed by atoms with Crippen LogP contribution in [0.3, 0.4) is 0 Å². The van der Waals surface area contributed by atoms with E-state index in [1.165, 1.54) is 0 Å². The molecular formula is C10H10N2. The molecule has 2 rings (SSSR count). The fraction of sp³-hybridized carbons (Fsp3) is 0.100. The molecule has 0 atom stereocenters. The number of pyridine rings is 1. The van der Waals surface area contributed by atoms with Gasteiger partial charge < -0.3 is 5.32 Å². The van der Waals surface area contributed by atoms with Gasteiger partial charge in [0.2, 0.25) is 0 Å². The molecule has 1 aliphatic heterocycles. The van der Waals surface area contributed by atoms with Gasteiger partial charge in [0.05, 0.1) is 5.69 Å². The number of hydrogen-bond donors (Lipinski definition) is 1. The molecule has 0 saturated heterocycles. The summed E-state index contributed by atoms with van der Waals surface area (Å²) >= 11 is 0. The Labute approximate surface area is 71.6 Å². The molecule has 12 heavy (non-hydrogen) atoms. The lowest BCUT2D eigenvalue weighted by molar-refractivity contribution is 0.943. The minimum absolute atomic E-state index is 0.326. The molecule has 0 fully saturated rings. The van der Waals surface area contributed by atoms with E-state index >= 15 is 0 Å². The maximum atomic E-state index is 4.27. The number of nitrogens with zero attached hydrogens (tertiary/aromatic N) is 1. The summed E-state index contributed by atoms with van der Waals surface area (Å²) in [6, 6.07) is 5.97. The van der Waals surface area contributed by atoms with Crippen LogP contribution in [0.15, 0.2) is 48.9 Å². The standard InChI is InChI=1S/C10H10N2/c1-2-6-12-10(3-1)9-4-7-11-8-5-9/h1-9,11H. The quantitative estimate of drug-likeness (QED) is 0.674. The molecule has 0 bridgehead atoms. The topological polar surface area (TPSA) is 24.9 Å². The second-order valence-corrected chi connectivity index (χ2v) is 2.67. The van der Waals surface area contributed by atoms with E-state index in [9.17, 15) is 0 Å². The van der Waals surface area contributed by atoms with Crippen molar-refractivity contribution in [3.05, 3.63) is 54.6 Å². The summed E-state index contributed by atoms with van der Waals surface area (Å²) in [6.45, 7) is 0. The van der Waals surface area contributed by atoms with Gasteiger partial charge in [0, 0.05) is 12.1 Å². The molecule has 0 radical (unpaired) electrons. The van der Waals surface area contributed by atoms with Gasteiger partial charge in [-0.15, -0.1) is 0 Å². The van der Waals surface area contributed by atoms with Crippen molar-refractivity contribution < 1.29 is 0 Å². The highest BCUT2D eigenvalue weighted by Gasteiger charge is 2.05. The van der Waals surface area contributed by atoms with Crippen molar-refractivity contribution in [2.24, 2.45) is 0 Å². The molecule has 1 aromatic heterocycles. The molecule has 1 aliphatic rings. The minimum Gasteiger partial charge on any atom is -0.368 e. The fourth-order valence-corrected chi connectivity index (χ4v) is 1.21. The molecule has 2 heterocycles. The molecular weight excluding hydrogens is 148 g/mol. The van der Waals surface area contributed by atoms with Crippen LogP contribution < -0.4 is 5.32 Å². The average molecular weight is 158 g/mol. The average Bonchev–Trinajstić information content (AvgIpc) is 2.21. The molecule has 0 aromatic carbocycles. The van der Waals surface area contributed by atoms with Crippen LogP contribution in [0.1, 0.15) is 11.6 Å². The van der Waals surface area contributed by atoms with Crippen molar-refractivity contribution in [2.45, 2.75) is 5.92 Å². The smallest absolute Gasteiger partial charge is 0.0511 e. The summed E-state index contributed by atoms with van der Waals surface area (Å²) in [5, 5.41) is 3.00. The van der Waals surface area contributed by atoms with Crippen LogP contribution in [0.2, 0.25) is 0 Å². The Hall–Kier alpha value is -1.57. The van der Waals surface area contributed by atoms with E-state index < -0.39 is 0 Å². The van der Waals surface area contributed by atoms with Crippen LogP contribution >= 0.6 is 0 Å². The second kappa shape index (κ2) is 3.22. The minimum atomic E-state index is 0.326. The lowest BCUT2D eigenvalue weighted by Gasteiger charge is -2.09. The third-order valence-electron chi connectivity index (χ3n) is 1.83. The lowest BCUT2D eigenvalue weighted by Crippen LogP contribution is -2.03. The summed E-state index contributed by atoms with van der Waals surface area (Å²) in [7, 11) is 0. The normalized spacial score (nSPS) is 16.0. The number of nitrogens with one attached hydrogen (secondary N) is 1. The Balaban J connectivity index is 2.25. The molecule has 1 N–H and O–H groups in total. The van der Waals surface area contributed by atoms with Crippen LogP contribution in [-0.2, 0) is 0 Å². The van der Waals surface area contributed by atoms with E-state index in [1.54, 1.807) is 0 Å². The van der Waals surface area contributed by atoms with Crippen LogP contribution in [0.5, 0.6) is 0 Å². The molecule has 0 unspecified atom stereocenters. The molecule has 0 saturated carbocycles. The summed E-state index contributed by atoms with van der Waals surface area (Å²) in [5.41, 5.74) is 1.09. The maximum absolute atomic E-state index is 4.27. The van der Waals surface area contributed by atoms with E-state index in [0.717, 1.165) is 5.69 Å². The molecule has 0 spiro atoms. The molecule has 60 valence electrons. The van der Waals surface area contributed by atoms with E-state index in [-0.39, 0.29) is 0 Å². The Bertz CT molecular complexity index is 289. The van der Waals surface area contributed by atoms with Crippen molar-refractivity contribution in [2.75, 3.05) is 0 Å². The van der Waals surface area contributed by atoms with Crippen molar-refractivity contribution >= 4 is 0 Å². The predicted octanol–water partition coefficient (Wildman–Crippen LogP) is 1.80. The first-order chi connectivity index (χ1) is 5.97. The second-order valence-electron chi connectivity index (χ2n) is 2.67. The number of allylic oxidation sites excluding steroid dienone is 2. The SMILES string of the molecule is C1=CC(c2ccccn2)C=CN1. The number of hydrogen-bond acceptors (Lipinski definition) is 2. The lowest BCUT2D eigenvalue weighted by atomic mass is 10.0. The van der Waals surface area contributed by atoms with Gasteiger partial charge in [-0.3, -0.25) is 4.98 Å². The van der Waals surface area contributed by atoms with Crippen LogP contribution in [0.4, 0.5) is 0 Å². The first kappa shape index (κ1) is 7.10. The molecule has 0 aliphatic carbocycles. The van der Waals surface area contributed by atoms with Gasteiger partial charge in [0.1, 0.15) is 0 Å². The summed E-state index contributed by atoms with van der Waals surface area (Å²) < 4.78 is 0. The predicted molar refractivity (Wildman–Crippen MR) is 48.4 cm³/mol. The first-order valence-electron chi connectivity index (χ1n) is 3.97. The zero-order valence-electron chi connectivity index (χ0n) is 6.64. The van der Waals surface area contributed by atoms with Crippen molar-refractivity contribution in [1.82, 2.24) is 10.3 Å². The van der Waals surface area contributed by atoms with Crippen molar-refractivity contribution in [1.29, 1.82) is 0 Å². The van der Waals surface area contributed by atoms with Gasteiger partial charge in [-0.2, -0.15) is 0 Å². The highest BCUT2D eigenvalue weighted by molar-refractivity contribution is 5.24. The fourth-order valence-electron chi connectivity index (χ4n) is 1.21. The van der Waals surface area contributed by atoms with E-state index in [1.807, 2.05) is 36.8 Å². The monoisotopic (exact) mass is 158 g/mol. The zero-order valence-corrected chi connectivity index (χ0v) is 6.64. The summed E-state index contributed by atoms with van der Waals surface area (Å²) in [5.74, 6) is 0.326. The Morgan fingerprint density at radius 3 is 2.67 bits per heavy atom. The van der Waals surface area contributed by atoms with Gasteiger partial charge in [-0.05, 0) is 24.5 Å². The van der Waals surface area contributed by atoms with Gasteiger partial charge in [0.15, 0.2) is 0 Å². The molecule has 2 heteroatoms. The number of aromatic nitrogens is 1. The van der Waals surface area contributed by atoms with E-state index in [2.05, 4.69) is 22.5 Å². The Kier molecular flexibility index (Phi) is 1.90. The summed E-state index contributed by atoms with van der Waals surface area (Å²) in [4.78, 5) is 4.27. The van der Waals surface area contributed by atoms with E-state index in [4.69, 9.17) is 0 Å².